The minimum absolute atomic E-state index is 0.103. The molecule has 2 aromatic carbocycles. The van der Waals surface area contributed by atoms with Gasteiger partial charge in [0.15, 0.2) is 0 Å². The smallest absolute Gasteiger partial charge is 0.244 e. The third-order valence-corrected chi connectivity index (χ3v) is 3.78. The fourth-order valence-corrected chi connectivity index (χ4v) is 2.62. The molecule has 1 amide bonds. The number of amides is 1. The Morgan fingerprint density at radius 1 is 1.20 bits per heavy atom. The van der Waals surface area contributed by atoms with Gasteiger partial charge in [-0.3, -0.25) is 4.79 Å². The molecule has 128 valence electrons. The van der Waals surface area contributed by atoms with E-state index < -0.39 is 0 Å². The third kappa shape index (κ3) is 4.01. The predicted molar refractivity (Wildman–Crippen MR) is 99.3 cm³/mol. The van der Waals surface area contributed by atoms with E-state index >= 15 is 0 Å². The number of hydrogen-bond acceptors (Lipinski definition) is 3. The molecule has 0 aliphatic heterocycles. The molecule has 0 radical (unpaired) electrons. The van der Waals surface area contributed by atoms with Crippen LogP contribution in [0, 0.1) is 0 Å². The quantitative estimate of drug-likeness (QED) is 0.667. The first-order valence-corrected chi connectivity index (χ1v) is 7.96. The van der Waals surface area contributed by atoms with Crippen molar-refractivity contribution in [1.29, 1.82) is 0 Å². The van der Waals surface area contributed by atoms with E-state index in [-0.39, 0.29) is 12.5 Å². The minimum Gasteiger partial charge on any atom is -0.497 e. The maximum atomic E-state index is 12.4. The van der Waals surface area contributed by atoms with Crippen molar-refractivity contribution in [3.8, 4) is 11.5 Å². The molecule has 0 saturated carbocycles. The lowest BCUT2D eigenvalue weighted by atomic mass is 10.2. The van der Waals surface area contributed by atoms with Crippen LogP contribution in [0.15, 0.2) is 67.4 Å². The monoisotopic (exact) mass is 336 g/mol. The van der Waals surface area contributed by atoms with Crippen molar-refractivity contribution in [2.75, 3.05) is 19.0 Å². The van der Waals surface area contributed by atoms with Crippen LogP contribution in [-0.2, 0) is 11.3 Å². The number of carbonyl (C=O) groups is 1. The van der Waals surface area contributed by atoms with E-state index in [0.717, 1.165) is 16.7 Å². The Bertz CT molecular complexity index is 899. The Kier molecular flexibility index (Phi) is 5.04. The van der Waals surface area contributed by atoms with Crippen LogP contribution in [0.4, 0.5) is 5.69 Å². The minimum atomic E-state index is -0.103. The number of ether oxygens (including phenoxy) is 2. The maximum Gasteiger partial charge on any atom is 0.244 e. The van der Waals surface area contributed by atoms with Crippen LogP contribution in [-0.4, -0.2) is 24.2 Å². The Morgan fingerprint density at radius 3 is 2.88 bits per heavy atom. The highest BCUT2D eigenvalue weighted by Crippen LogP contribution is 2.22. The highest BCUT2D eigenvalue weighted by atomic mass is 16.5. The molecule has 0 saturated heterocycles. The van der Waals surface area contributed by atoms with Gasteiger partial charge < -0.3 is 19.4 Å². The van der Waals surface area contributed by atoms with Crippen LogP contribution in [0.2, 0.25) is 0 Å². The van der Waals surface area contributed by atoms with Gasteiger partial charge in [0.2, 0.25) is 5.91 Å². The molecule has 5 nitrogen and oxygen atoms in total. The molecular formula is C20H20N2O3. The fraction of sp³-hybridized carbons (Fsp3) is 0.150. The summed E-state index contributed by atoms with van der Waals surface area (Å²) in [5, 5.41) is 3.93. The van der Waals surface area contributed by atoms with Crippen molar-refractivity contribution in [3.05, 3.63) is 67.4 Å². The molecule has 1 N–H and O–H groups in total. The van der Waals surface area contributed by atoms with Gasteiger partial charge in [-0.25, -0.2) is 0 Å². The Balaban J connectivity index is 1.69. The number of carbonyl (C=O) groups excluding carboxylic acids is 1. The highest BCUT2D eigenvalue weighted by Gasteiger charge is 2.08. The largest absolute Gasteiger partial charge is 0.497 e. The van der Waals surface area contributed by atoms with E-state index in [0.29, 0.717) is 18.0 Å². The molecule has 3 aromatic rings. The van der Waals surface area contributed by atoms with Crippen LogP contribution in [0.5, 0.6) is 11.5 Å². The molecule has 0 fully saturated rings. The lowest BCUT2D eigenvalue weighted by Gasteiger charge is -2.09. The number of benzene rings is 2. The first kappa shape index (κ1) is 16.6. The summed E-state index contributed by atoms with van der Waals surface area (Å²) >= 11 is 0. The summed E-state index contributed by atoms with van der Waals surface area (Å²) < 4.78 is 12.6. The summed E-state index contributed by atoms with van der Waals surface area (Å²) in [6.45, 7) is 4.28. The van der Waals surface area contributed by atoms with Crippen LogP contribution in [0.25, 0.3) is 10.9 Å². The van der Waals surface area contributed by atoms with Gasteiger partial charge in [0.25, 0.3) is 0 Å². The zero-order chi connectivity index (χ0) is 17.6. The average molecular weight is 336 g/mol. The molecule has 0 aliphatic rings. The number of rotatable bonds is 7. The summed E-state index contributed by atoms with van der Waals surface area (Å²) in [7, 11) is 1.64. The summed E-state index contributed by atoms with van der Waals surface area (Å²) in [4.78, 5) is 12.4. The van der Waals surface area contributed by atoms with Crippen molar-refractivity contribution in [3.63, 3.8) is 0 Å². The first-order valence-electron chi connectivity index (χ1n) is 7.96. The molecule has 0 atom stereocenters. The molecule has 0 aliphatic carbocycles. The summed E-state index contributed by atoms with van der Waals surface area (Å²) in [5.41, 5.74) is 1.68. The van der Waals surface area contributed by atoms with Gasteiger partial charge in [0.05, 0.1) is 7.11 Å². The van der Waals surface area contributed by atoms with Gasteiger partial charge in [-0.2, -0.15) is 0 Å². The Hall–Kier alpha value is -3.21. The van der Waals surface area contributed by atoms with E-state index in [1.54, 1.807) is 19.3 Å². The van der Waals surface area contributed by atoms with Gasteiger partial charge in [-0.05, 0) is 36.4 Å². The molecule has 5 heteroatoms. The Labute approximate surface area is 146 Å². The Morgan fingerprint density at radius 2 is 2.08 bits per heavy atom. The number of anilines is 1. The average Bonchev–Trinajstić information content (AvgIpc) is 3.02. The molecule has 25 heavy (non-hydrogen) atoms. The summed E-state index contributed by atoms with van der Waals surface area (Å²) in [5.74, 6) is 1.39. The van der Waals surface area contributed by atoms with E-state index in [2.05, 4.69) is 11.9 Å². The van der Waals surface area contributed by atoms with E-state index in [1.807, 2.05) is 53.2 Å². The van der Waals surface area contributed by atoms with Gasteiger partial charge in [0.1, 0.15) is 24.7 Å². The number of methoxy groups -OCH3 is 1. The topological polar surface area (TPSA) is 52.5 Å². The van der Waals surface area contributed by atoms with Crippen LogP contribution >= 0.6 is 0 Å². The lowest BCUT2D eigenvalue weighted by Crippen LogP contribution is -2.18. The molecule has 0 bridgehead atoms. The van der Waals surface area contributed by atoms with Crippen molar-refractivity contribution in [2.24, 2.45) is 0 Å². The number of nitrogens with zero attached hydrogens (tertiary/aromatic N) is 1. The van der Waals surface area contributed by atoms with Crippen molar-refractivity contribution >= 4 is 22.5 Å². The third-order valence-electron chi connectivity index (χ3n) is 3.78. The van der Waals surface area contributed by atoms with Crippen LogP contribution in [0.1, 0.15) is 0 Å². The summed E-state index contributed by atoms with van der Waals surface area (Å²) in [6, 6.07) is 15.1. The van der Waals surface area contributed by atoms with Gasteiger partial charge in [-0.1, -0.05) is 18.7 Å². The second-order valence-corrected chi connectivity index (χ2v) is 5.54. The second kappa shape index (κ2) is 7.57. The molecule has 3 rings (SSSR count). The van der Waals surface area contributed by atoms with Crippen molar-refractivity contribution in [1.82, 2.24) is 4.57 Å². The first-order chi connectivity index (χ1) is 12.2. The zero-order valence-corrected chi connectivity index (χ0v) is 14.1. The van der Waals surface area contributed by atoms with Crippen molar-refractivity contribution in [2.45, 2.75) is 6.54 Å². The van der Waals surface area contributed by atoms with E-state index in [4.69, 9.17) is 9.47 Å². The zero-order valence-electron chi connectivity index (χ0n) is 14.1. The van der Waals surface area contributed by atoms with Gasteiger partial charge in [-0.15, -0.1) is 0 Å². The molecule has 1 aromatic heterocycles. The second-order valence-electron chi connectivity index (χ2n) is 5.54. The SMILES string of the molecule is C=CCOc1cccc(NC(=O)Cn2ccc3cc(OC)ccc32)c1. The molecule has 0 spiro atoms. The number of hydrogen-bond donors (Lipinski definition) is 1. The maximum absolute atomic E-state index is 12.4. The van der Waals surface area contributed by atoms with Crippen LogP contribution in [0.3, 0.4) is 0 Å². The molecule has 0 unspecified atom stereocenters. The van der Waals surface area contributed by atoms with E-state index in [9.17, 15) is 4.79 Å². The standard InChI is InChI=1S/C20H20N2O3/c1-3-11-25-18-6-4-5-16(13-18)21-20(23)14-22-10-9-15-12-17(24-2)7-8-19(15)22/h3-10,12-13H,1,11,14H2,2H3,(H,21,23). The normalized spacial score (nSPS) is 10.4. The van der Waals surface area contributed by atoms with Gasteiger partial charge in [0, 0.05) is 28.9 Å². The lowest BCUT2D eigenvalue weighted by molar-refractivity contribution is -0.116. The molecular weight excluding hydrogens is 316 g/mol. The summed E-state index contributed by atoms with van der Waals surface area (Å²) in [6.07, 6.45) is 3.57. The number of fused-ring (bicyclic) bond motifs is 1. The highest BCUT2D eigenvalue weighted by molar-refractivity contribution is 5.92. The van der Waals surface area contributed by atoms with E-state index in [1.165, 1.54) is 0 Å². The predicted octanol–water partition coefficient (Wildman–Crippen LogP) is 3.85. The van der Waals surface area contributed by atoms with Crippen molar-refractivity contribution < 1.29 is 14.3 Å². The molecule has 1 heterocycles. The number of nitrogens with one attached hydrogen (secondary N) is 1. The van der Waals surface area contributed by atoms with Gasteiger partial charge >= 0.3 is 0 Å². The number of aromatic nitrogens is 1. The van der Waals surface area contributed by atoms with Crippen LogP contribution < -0.4 is 14.8 Å². The fourth-order valence-electron chi connectivity index (χ4n) is 2.62.